The van der Waals surface area contributed by atoms with E-state index in [1.54, 1.807) is 16.8 Å². The second-order valence-corrected chi connectivity index (χ2v) is 4.67. The number of fused-ring (bicyclic) bond motifs is 1. The molecule has 0 amide bonds. The third kappa shape index (κ3) is 1.95. The van der Waals surface area contributed by atoms with E-state index in [2.05, 4.69) is 10.3 Å². The number of rotatable bonds is 3. The lowest BCUT2D eigenvalue weighted by molar-refractivity contribution is 0.0697. The number of benzene rings is 1. The zero-order valence-electron chi connectivity index (χ0n) is 11.1. The first-order valence-corrected chi connectivity index (χ1v) is 6.21. The van der Waals surface area contributed by atoms with E-state index in [9.17, 15) is 4.79 Å². The lowest BCUT2D eigenvalue weighted by Crippen LogP contribution is -2.08. The summed E-state index contributed by atoms with van der Waals surface area (Å²) in [5.41, 5.74) is 1.54. The van der Waals surface area contributed by atoms with Crippen molar-refractivity contribution in [2.24, 2.45) is 0 Å². The molecule has 20 heavy (non-hydrogen) atoms. The summed E-state index contributed by atoms with van der Waals surface area (Å²) < 4.78 is 7.26. The largest absolute Gasteiger partial charge is 0.478 e. The zero-order chi connectivity index (χ0) is 14.3. The van der Waals surface area contributed by atoms with Crippen molar-refractivity contribution >= 4 is 17.0 Å². The summed E-state index contributed by atoms with van der Waals surface area (Å²) in [7, 11) is 0. The minimum absolute atomic E-state index is 0.155. The van der Waals surface area contributed by atoms with Gasteiger partial charge in [-0.1, -0.05) is 5.21 Å². The van der Waals surface area contributed by atoms with Crippen molar-refractivity contribution in [1.29, 1.82) is 0 Å². The Balaban J connectivity index is 2.11. The first-order chi connectivity index (χ1) is 9.56. The van der Waals surface area contributed by atoms with Crippen LogP contribution < -0.4 is 0 Å². The van der Waals surface area contributed by atoms with Gasteiger partial charge in [0, 0.05) is 0 Å². The van der Waals surface area contributed by atoms with Crippen LogP contribution in [0, 0.1) is 6.92 Å². The minimum atomic E-state index is -0.971. The molecule has 0 saturated carbocycles. The van der Waals surface area contributed by atoms with Gasteiger partial charge in [0.25, 0.3) is 0 Å². The molecule has 2 aromatic heterocycles. The van der Waals surface area contributed by atoms with Crippen molar-refractivity contribution in [1.82, 2.24) is 15.0 Å². The van der Waals surface area contributed by atoms with E-state index in [0.717, 1.165) is 11.5 Å². The monoisotopic (exact) mass is 271 g/mol. The average Bonchev–Trinajstić information content (AvgIpc) is 3.03. The molecule has 0 spiro atoms. The number of furan rings is 1. The molecule has 0 aliphatic rings. The molecule has 6 nitrogen and oxygen atoms in total. The van der Waals surface area contributed by atoms with Crippen LogP contribution in [0.4, 0.5) is 0 Å². The number of carbonyl (C=O) groups is 1. The highest BCUT2D eigenvalue weighted by atomic mass is 16.4. The molecule has 3 rings (SSSR count). The van der Waals surface area contributed by atoms with Gasteiger partial charge in [-0.05, 0) is 44.2 Å². The van der Waals surface area contributed by atoms with Gasteiger partial charge in [0.05, 0.1) is 11.1 Å². The number of aromatic nitrogens is 3. The Morgan fingerprint density at radius 2 is 2.15 bits per heavy atom. The fraction of sp³-hybridized carbons (Fsp3) is 0.214. The topological polar surface area (TPSA) is 81.2 Å². The van der Waals surface area contributed by atoms with Gasteiger partial charge >= 0.3 is 5.97 Å². The van der Waals surface area contributed by atoms with Crippen molar-refractivity contribution in [2.45, 2.75) is 19.9 Å². The SMILES string of the molecule is Cc1ccc(C(C)n2nnc3ccc(C(=O)O)cc32)o1. The first-order valence-electron chi connectivity index (χ1n) is 6.21. The second-order valence-electron chi connectivity index (χ2n) is 4.67. The van der Waals surface area contributed by atoms with E-state index < -0.39 is 5.97 Å². The predicted octanol–water partition coefficient (Wildman–Crippen LogP) is 2.64. The third-order valence-corrected chi connectivity index (χ3v) is 3.26. The molecular formula is C14H13N3O3. The molecule has 0 aliphatic heterocycles. The summed E-state index contributed by atoms with van der Waals surface area (Å²) in [6, 6.07) is 8.36. The van der Waals surface area contributed by atoms with Crippen LogP contribution in [0.2, 0.25) is 0 Å². The van der Waals surface area contributed by atoms with E-state index in [0.29, 0.717) is 11.0 Å². The van der Waals surface area contributed by atoms with E-state index >= 15 is 0 Å². The molecule has 102 valence electrons. The van der Waals surface area contributed by atoms with Gasteiger partial charge < -0.3 is 9.52 Å². The Morgan fingerprint density at radius 3 is 2.80 bits per heavy atom. The summed E-state index contributed by atoms with van der Waals surface area (Å²) in [5.74, 6) is 0.610. The Morgan fingerprint density at radius 1 is 1.35 bits per heavy atom. The Labute approximate surface area is 114 Å². The van der Waals surface area contributed by atoms with Crippen LogP contribution in [0.25, 0.3) is 11.0 Å². The smallest absolute Gasteiger partial charge is 0.335 e. The van der Waals surface area contributed by atoms with Gasteiger partial charge in [-0.3, -0.25) is 0 Å². The van der Waals surface area contributed by atoms with Crippen molar-refractivity contribution in [2.75, 3.05) is 0 Å². The molecule has 0 bridgehead atoms. The van der Waals surface area contributed by atoms with Gasteiger partial charge in [0.15, 0.2) is 0 Å². The lowest BCUT2D eigenvalue weighted by atomic mass is 10.2. The van der Waals surface area contributed by atoms with Gasteiger partial charge in [0.1, 0.15) is 23.1 Å². The van der Waals surface area contributed by atoms with Crippen molar-refractivity contribution < 1.29 is 14.3 Å². The number of hydrogen-bond acceptors (Lipinski definition) is 4. The molecule has 2 heterocycles. The zero-order valence-corrected chi connectivity index (χ0v) is 11.1. The molecule has 0 fully saturated rings. The van der Waals surface area contributed by atoms with Crippen molar-refractivity contribution in [3.63, 3.8) is 0 Å². The van der Waals surface area contributed by atoms with E-state index in [4.69, 9.17) is 9.52 Å². The van der Waals surface area contributed by atoms with Crippen LogP contribution >= 0.6 is 0 Å². The van der Waals surface area contributed by atoms with Crippen LogP contribution in [0.15, 0.2) is 34.7 Å². The highest BCUT2D eigenvalue weighted by Crippen LogP contribution is 2.24. The maximum atomic E-state index is 11.1. The van der Waals surface area contributed by atoms with E-state index in [1.165, 1.54) is 6.07 Å². The molecule has 0 aliphatic carbocycles. The lowest BCUT2D eigenvalue weighted by Gasteiger charge is -2.09. The maximum absolute atomic E-state index is 11.1. The van der Waals surface area contributed by atoms with Gasteiger partial charge in [-0.2, -0.15) is 0 Å². The van der Waals surface area contributed by atoms with Gasteiger partial charge in [0.2, 0.25) is 0 Å². The van der Waals surface area contributed by atoms with Crippen LogP contribution in [-0.2, 0) is 0 Å². The normalized spacial score (nSPS) is 12.7. The van der Waals surface area contributed by atoms with Crippen molar-refractivity contribution in [3.05, 3.63) is 47.4 Å². The summed E-state index contributed by atoms with van der Waals surface area (Å²) in [5, 5.41) is 17.2. The van der Waals surface area contributed by atoms with Crippen LogP contribution in [0.3, 0.4) is 0 Å². The van der Waals surface area contributed by atoms with Gasteiger partial charge in [-0.25, -0.2) is 9.48 Å². The number of aromatic carboxylic acids is 1. The quantitative estimate of drug-likeness (QED) is 0.792. The number of carboxylic acids is 1. The van der Waals surface area contributed by atoms with E-state index in [1.807, 2.05) is 26.0 Å². The fourth-order valence-corrected chi connectivity index (χ4v) is 2.15. The van der Waals surface area contributed by atoms with Gasteiger partial charge in [-0.15, -0.1) is 5.10 Å². The first kappa shape index (κ1) is 12.4. The molecule has 0 saturated heterocycles. The van der Waals surface area contributed by atoms with Crippen LogP contribution in [0.5, 0.6) is 0 Å². The Kier molecular flexibility index (Phi) is 2.78. The molecule has 1 aromatic carbocycles. The summed E-state index contributed by atoms with van der Waals surface area (Å²) in [4.78, 5) is 11.1. The Hall–Kier alpha value is -2.63. The maximum Gasteiger partial charge on any atom is 0.335 e. The third-order valence-electron chi connectivity index (χ3n) is 3.26. The number of aryl methyl sites for hydroxylation is 1. The average molecular weight is 271 g/mol. The fourth-order valence-electron chi connectivity index (χ4n) is 2.15. The summed E-state index contributed by atoms with van der Waals surface area (Å²) >= 11 is 0. The molecule has 1 N–H and O–H groups in total. The van der Waals surface area contributed by atoms with Crippen LogP contribution in [0.1, 0.15) is 34.8 Å². The summed E-state index contributed by atoms with van der Waals surface area (Å²) in [6.07, 6.45) is 0. The second kappa shape index (κ2) is 4.48. The summed E-state index contributed by atoms with van der Waals surface area (Å²) in [6.45, 7) is 3.80. The predicted molar refractivity (Wildman–Crippen MR) is 71.7 cm³/mol. The Bertz CT molecular complexity index is 788. The minimum Gasteiger partial charge on any atom is -0.478 e. The van der Waals surface area contributed by atoms with Crippen molar-refractivity contribution in [3.8, 4) is 0 Å². The molecule has 3 aromatic rings. The number of carboxylic acid groups (broad SMARTS) is 1. The highest BCUT2D eigenvalue weighted by Gasteiger charge is 2.17. The number of nitrogens with zero attached hydrogens (tertiary/aromatic N) is 3. The molecular weight excluding hydrogens is 258 g/mol. The number of hydrogen-bond donors (Lipinski definition) is 1. The standard InChI is InChI=1S/C14H13N3O3/c1-8-3-6-13(20-8)9(2)17-12-7-10(14(18)19)4-5-11(12)15-16-17/h3-7,9H,1-2H3,(H,18,19). The highest BCUT2D eigenvalue weighted by molar-refractivity contribution is 5.92. The van der Waals surface area contributed by atoms with Crippen LogP contribution in [-0.4, -0.2) is 26.1 Å². The molecule has 1 unspecified atom stereocenters. The van der Waals surface area contributed by atoms with E-state index in [-0.39, 0.29) is 11.6 Å². The molecule has 0 radical (unpaired) electrons. The molecule has 6 heteroatoms. The molecule has 1 atom stereocenters.